The lowest BCUT2D eigenvalue weighted by atomic mass is 9.83. The van der Waals surface area contributed by atoms with Crippen molar-refractivity contribution in [3.05, 3.63) is 28.2 Å². The van der Waals surface area contributed by atoms with E-state index >= 15 is 0 Å². The van der Waals surface area contributed by atoms with Crippen LogP contribution in [0, 0.1) is 5.41 Å². The van der Waals surface area contributed by atoms with E-state index in [2.05, 4.69) is 29.8 Å². The number of esters is 1. The molecular weight excluding hydrogens is 308 g/mol. The van der Waals surface area contributed by atoms with Crippen molar-refractivity contribution in [2.45, 2.75) is 33.6 Å². The first-order valence-electron chi connectivity index (χ1n) is 6.36. The number of hydrogen-bond donors (Lipinski definition) is 0. The highest BCUT2D eigenvalue weighted by Crippen LogP contribution is 2.31. The van der Waals surface area contributed by atoms with Crippen molar-refractivity contribution in [3.63, 3.8) is 0 Å². The van der Waals surface area contributed by atoms with Gasteiger partial charge in [-0.2, -0.15) is 0 Å². The molecule has 0 saturated heterocycles. The molecule has 0 aliphatic carbocycles. The zero-order valence-electron chi connectivity index (χ0n) is 12.0. The van der Waals surface area contributed by atoms with Crippen LogP contribution < -0.4 is 4.74 Å². The second-order valence-electron chi connectivity index (χ2n) is 5.29. The third-order valence-electron chi connectivity index (χ3n) is 2.83. The Morgan fingerprint density at radius 1 is 1.37 bits per heavy atom. The molecule has 0 N–H and O–H groups in total. The molecule has 0 spiro atoms. The number of rotatable bonds is 6. The van der Waals surface area contributed by atoms with Gasteiger partial charge in [0, 0.05) is 0 Å². The maximum absolute atomic E-state index is 11.6. The van der Waals surface area contributed by atoms with E-state index in [0.717, 1.165) is 16.6 Å². The molecule has 0 aliphatic heterocycles. The normalized spacial score (nSPS) is 11.2. The third kappa shape index (κ3) is 5.23. The van der Waals surface area contributed by atoms with Crippen LogP contribution >= 0.6 is 15.9 Å². The minimum absolute atomic E-state index is 0.125. The Labute approximate surface area is 123 Å². The molecule has 0 aliphatic rings. The van der Waals surface area contributed by atoms with E-state index in [9.17, 15) is 4.79 Å². The highest BCUT2D eigenvalue weighted by Gasteiger charge is 2.23. The van der Waals surface area contributed by atoms with Crippen LogP contribution in [0.3, 0.4) is 0 Å². The average molecular weight is 329 g/mol. The number of halogens is 1. The van der Waals surface area contributed by atoms with Gasteiger partial charge < -0.3 is 9.47 Å². The second kappa shape index (κ2) is 6.94. The summed E-state index contributed by atoms with van der Waals surface area (Å²) >= 11 is 3.47. The molecule has 1 aromatic rings. The molecule has 1 rings (SSSR count). The topological polar surface area (TPSA) is 35.5 Å². The Morgan fingerprint density at radius 2 is 2.05 bits per heavy atom. The summed E-state index contributed by atoms with van der Waals surface area (Å²) in [6, 6.07) is 5.99. The smallest absolute Gasteiger partial charge is 0.306 e. The van der Waals surface area contributed by atoms with E-state index in [4.69, 9.17) is 9.47 Å². The standard InChI is InChI=1S/C15H21BrO3/c1-5-19-14(17)10-15(2,3)9-11-6-7-13(18-4)12(16)8-11/h6-8H,5,9-10H2,1-4H3. The van der Waals surface area contributed by atoms with E-state index in [1.54, 1.807) is 7.11 Å². The quantitative estimate of drug-likeness (QED) is 0.741. The molecule has 0 amide bonds. The number of carbonyl (C=O) groups excluding carboxylic acids is 1. The van der Waals surface area contributed by atoms with Crippen LogP contribution in [0.25, 0.3) is 0 Å². The van der Waals surface area contributed by atoms with Gasteiger partial charge in [0.05, 0.1) is 24.6 Å². The van der Waals surface area contributed by atoms with Gasteiger partial charge in [-0.25, -0.2) is 0 Å². The predicted octanol–water partition coefficient (Wildman–Crippen LogP) is 3.98. The number of ether oxygens (including phenoxy) is 2. The number of carbonyl (C=O) groups is 1. The lowest BCUT2D eigenvalue weighted by Gasteiger charge is -2.23. The number of methoxy groups -OCH3 is 1. The van der Waals surface area contributed by atoms with Crippen molar-refractivity contribution in [1.29, 1.82) is 0 Å². The Balaban J connectivity index is 2.72. The van der Waals surface area contributed by atoms with Gasteiger partial charge in [-0.3, -0.25) is 4.79 Å². The molecule has 106 valence electrons. The van der Waals surface area contributed by atoms with E-state index in [1.807, 2.05) is 25.1 Å². The summed E-state index contributed by atoms with van der Waals surface area (Å²) in [4.78, 5) is 11.6. The minimum Gasteiger partial charge on any atom is -0.496 e. The lowest BCUT2D eigenvalue weighted by molar-refractivity contribution is -0.145. The summed E-state index contributed by atoms with van der Waals surface area (Å²) in [5.74, 6) is 0.673. The lowest BCUT2D eigenvalue weighted by Crippen LogP contribution is -2.21. The van der Waals surface area contributed by atoms with Gasteiger partial charge in [-0.15, -0.1) is 0 Å². The molecular formula is C15H21BrO3. The first-order valence-corrected chi connectivity index (χ1v) is 7.15. The van der Waals surface area contributed by atoms with Crippen molar-refractivity contribution in [2.24, 2.45) is 5.41 Å². The maximum Gasteiger partial charge on any atom is 0.306 e. The zero-order valence-corrected chi connectivity index (χ0v) is 13.5. The fourth-order valence-corrected chi connectivity index (χ4v) is 2.63. The Hall–Kier alpha value is -1.03. The molecule has 0 unspecified atom stereocenters. The van der Waals surface area contributed by atoms with Crippen LogP contribution in [0.4, 0.5) is 0 Å². The summed E-state index contributed by atoms with van der Waals surface area (Å²) in [6.45, 7) is 6.40. The van der Waals surface area contributed by atoms with E-state index in [0.29, 0.717) is 13.0 Å². The highest BCUT2D eigenvalue weighted by atomic mass is 79.9. The third-order valence-corrected chi connectivity index (χ3v) is 3.45. The van der Waals surface area contributed by atoms with Gasteiger partial charge in [-0.05, 0) is 52.4 Å². The van der Waals surface area contributed by atoms with Crippen LogP contribution in [0.1, 0.15) is 32.8 Å². The van der Waals surface area contributed by atoms with Gasteiger partial charge in [0.1, 0.15) is 5.75 Å². The summed E-state index contributed by atoms with van der Waals surface area (Å²) in [7, 11) is 1.64. The Bertz CT molecular complexity index is 441. The SMILES string of the molecule is CCOC(=O)CC(C)(C)Cc1ccc(OC)c(Br)c1. The van der Waals surface area contributed by atoms with Crippen molar-refractivity contribution in [3.8, 4) is 5.75 Å². The molecule has 0 aromatic heterocycles. The second-order valence-corrected chi connectivity index (χ2v) is 6.15. The van der Waals surface area contributed by atoms with Crippen LogP contribution in [-0.4, -0.2) is 19.7 Å². The van der Waals surface area contributed by atoms with Crippen molar-refractivity contribution in [2.75, 3.05) is 13.7 Å². The van der Waals surface area contributed by atoms with Gasteiger partial charge in [0.2, 0.25) is 0 Å². The van der Waals surface area contributed by atoms with Crippen LogP contribution in [0.15, 0.2) is 22.7 Å². The van der Waals surface area contributed by atoms with Gasteiger partial charge in [0.25, 0.3) is 0 Å². The van der Waals surface area contributed by atoms with Crippen molar-refractivity contribution >= 4 is 21.9 Å². The Kier molecular flexibility index (Phi) is 5.85. The fourth-order valence-electron chi connectivity index (χ4n) is 2.04. The van der Waals surface area contributed by atoms with Crippen molar-refractivity contribution < 1.29 is 14.3 Å². The molecule has 0 bridgehead atoms. The average Bonchev–Trinajstić information content (AvgIpc) is 2.27. The van der Waals surface area contributed by atoms with Crippen LogP contribution in [0.2, 0.25) is 0 Å². The van der Waals surface area contributed by atoms with E-state index in [1.165, 1.54) is 5.56 Å². The zero-order chi connectivity index (χ0) is 14.5. The molecule has 0 fully saturated rings. The molecule has 0 radical (unpaired) electrons. The Morgan fingerprint density at radius 3 is 2.58 bits per heavy atom. The summed E-state index contributed by atoms with van der Waals surface area (Å²) in [6.07, 6.45) is 1.24. The molecule has 0 heterocycles. The van der Waals surface area contributed by atoms with E-state index in [-0.39, 0.29) is 11.4 Å². The monoisotopic (exact) mass is 328 g/mol. The van der Waals surface area contributed by atoms with Crippen LogP contribution in [0.5, 0.6) is 5.75 Å². The summed E-state index contributed by atoms with van der Waals surface area (Å²) < 4.78 is 11.1. The largest absolute Gasteiger partial charge is 0.496 e. The maximum atomic E-state index is 11.6. The molecule has 4 heteroatoms. The molecule has 19 heavy (non-hydrogen) atoms. The first-order chi connectivity index (χ1) is 8.88. The van der Waals surface area contributed by atoms with Crippen LogP contribution in [-0.2, 0) is 16.0 Å². The number of hydrogen-bond acceptors (Lipinski definition) is 3. The highest BCUT2D eigenvalue weighted by molar-refractivity contribution is 9.10. The summed E-state index contributed by atoms with van der Waals surface area (Å²) in [5, 5.41) is 0. The van der Waals surface area contributed by atoms with Crippen molar-refractivity contribution in [1.82, 2.24) is 0 Å². The minimum atomic E-state index is -0.139. The molecule has 0 saturated carbocycles. The first kappa shape index (κ1) is 16.0. The van der Waals surface area contributed by atoms with Gasteiger partial charge in [0.15, 0.2) is 0 Å². The summed E-state index contributed by atoms with van der Waals surface area (Å²) in [5.41, 5.74) is 1.04. The molecule has 1 aromatic carbocycles. The number of benzene rings is 1. The van der Waals surface area contributed by atoms with E-state index < -0.39 is 0 Å². The fraction of sp³-hybridized carbons (Fsp3) is 0.533. The molecule has 3 nitrogen and oxygen atoms in total. The van der Waals surface area contributed by atoms with Gasteiger partial charge >= 0.3 is 5.97 Å². The van der Waals surface area contributed by atoms with Gasteiger partial charge in [-0.1, -0.05) is 19.9 Å². The molecule has 0 atom stereocenters. The predicted molar refractivity (Wildman–Crippen MR) is 79.4 cm³/mol.